The van der Waals surface area contributed by atoms with Crippen LogP contribution in [0, 0.1) is 11.3 Å². The molecule has 6 nitrogen and oxygen atoms in total. The van der Waals surface area contributed by atoms with Gasteiger partial charge in [-0.15, -0.1) is 0 Å². The first-order chi connectivity index (χ1) is 12.7. The lowest BCUT2D eigenvalue weighted by Crippen LogP contribution is -2.37. The standard InChI is InChI=1S/C20H23N3O3S/c1-15(2)17-6-10-19(11-7-17)23(27(3,25)26)14-20(24)22-18-8-4-16(5-9-18)12-13-21/h4-11,15H,12,14H2,1-3H3,(H,22,24). The van der Waals surface area contributed by atoms with Crippen molar-refractivity contribution in [2.75, 3.05) is 22.4 Å². The van der Waals surface area contributed by atoms with Crippen molar-refractivity contribution < 1.29 is 13.2 Å². The number of nitriles is 1. The number of sulfonamides is 1. The summed E-state index contributed by atoms with van der Waals surface area (Å²) >= 11 is 0. The van der Waals surface area contributed by atoms with Gasteiger partial charge in [0.05, 0.1) is 24.4 Å². The van der Waals surface area contributed by atoms with Gasteiger partial charge < -0.3 is 5.32 Å². The maximum atomic E-state index is 12.4. The summed E-state index contributed by atoms with van der Waals surface area (Å²) in [5, 5.41) is 11.4. The summed E-state index contributed by atoms with van der Waals surface area (Å²) in [6.45, 7) is 3.79. The van der Waals surface area contributed by atoms with E-state index in [1.165, 1.54) is 0 Å². The number of carbonyl (C=O) groups is 1. The Labute approximate surface area is 160 Å². The van der Waals surface area contributed by atoms with Crippen LogP contribution in [0.4, 0.5) is 11.4 Å². The van der Waals surface area contributed by atoms with Crippen LogP contribution in [-0.2, 0) is 21.2 Å². The molecule has 27 heavy (non-hydrogen) atoms. The van der Waals surface area contributed by atoms with E-state index in [1.54, 1.807) is 36.4 Å². The van der Waals surface area contributed by atoms with Crippen molar-refractivity contribution in [3.05, 3.63) is 59.7 Å². The number of benzene rings is 2. The quantitative estimate of drug-likeness (QED) is 0.792. The highest BCUT2D eigenvalue weighted by atomic mass is 32.2. The van der Waals surface area contributed by atoms with Gasteiger partial charge in [-0.05, 0) is 41.3 Å². The molecule has 2 rings (SSSR count). The number of hydrogen-bond acceptors (Lipinski definition) is 4. The van der Waals surface area contributed by atoms with Crippen molar-refractivity contribution >= 4 is 27.3 Å². The van der Waals surface area contributed by atoms with Gasteiger partial charge in [-0.25, -0.2) is 8.42 Å². The lowest BCUT2D eigenvalue weighted by Gasteiger charge is -2.22. The number of anilines is 2. The average molecular weight is 385 g/mol. The first-order valence-electron chi connectivity index (χ1n) is 8.54. The van der Waals surface area contributed by atoms with E-state index < -0.39 is 15.9 Å². The fourth-order valence-electron chi connectivity index (χ4n) is 2.55. The third-order valence-electron chi connectivity index (χ3n) is 4.06. The predicted molar refractivity (Wildman–Crippen MR) is 107 cm³/mol. The van der Waals surface area contributed by atoms with Crippen LogP contribution in [0.25, 0.3) is 0 Å². The Kier molecular flexibility index (Phi) is 6.59. The molecule has 0 saturated carbocycles. The summed E-state index contributed by atoms with van der Waals surface area (Å²) in [6, 6.07) is 16.1. The normalized spacial score (nSPS) is 11.1. The Bertz CT molecular complexity index is 928. The van der Waals surface area contributed by atoms with Crippen LogP contribution in [0.2, 0.25) is 0 Å². The summed E-state index contributed by atoms with van der Waals surface area (Å²) in [6.07, 6.45) is 1.37. The maximum absolute atomic E-state index is 12.4. The third-order valence-corrected chi connectivity index (χ3v) is 5.20. The van der Waals surface area contributed by atoms with Crippen LogP contribution >= 0.6 is 0 Å². The van der Waals surface area contributed by atoms with E-state index in [4.69, 9.17) is 5.26 Å². The highest BCUT2D eigenvalue weighted by Gasteiger charge is 2.21. The lowest BCUT2D eigenvalue weighted by atomic mass is 10.0. The van der Waals surface area contributed by atoms with Crippen LogP contribution in [0.5, 0.6) is 0 Å². The van der Waals surface area contributed by atoms with Gasteiger partial charge in [-0.1, -0.05) is 38.1 Å². The highest BCUT2D eigenvalue weighted by Crippen LogP contribution is 2.22. The van der Waals surface area contributed by atoms with Gasteiger partial charge in [-0.3, -0.25) is 9.10 Å². The minimum Gasteiger partial charge on any atom is -0.325 e. The minimum atomic E-state index is -3.62. The molecule has 1 N–H and O–H groups in total. The third kappa shape index (κ3) is 5.83. The number of carbonyl (C=O) groups excluding carboxylic acids is 1. The molecule has 0 aliphatic heterocycles. The smallest absolute Gasteiger partial charge is 0.245 e. The Morgan fingerprint density at radius 3 is 2.19 bits per heavy atom. The van der Waals surface area contributed by atoms with Gasteiger partial charge >= 0.3 is 0 Å². The molecule has 0 aromatic heterocycles. The van der Waals surface area contributed by atoms with Gasteiger partial charge in [0.25, 0.3) is 0 Å². The second-order valence-electron chi connectivity index (χ2n) is 6.60. The SMILES string of the molecule is CC(C)c1ccc(N(CC(=O)Nc2ccc(CC#N)cc2)S(C)(=O)=O)cc1. The zero-order valence-corrected chi connectivity index (χ0v) is 16.5. The van der Waals surface area contributed by atoms with Crippen LogP contribution in [-0.4, -0.2) is 27.1 Å². The van der Waals surface area contributed by atoms with Crippen LogP contribution < -0.4 is 9.62 Å². The van der Waals surface area contributed by atoms with Crippen LogP contribution in [0.1, 0.15) is 30.9 Å². The zero-order valence-electron chi connectivity index (χ0n) is 15.6. The molecule has 0 saturated heterocycles. The number of nitrogens with one attached hydrogen (secondary N) is 1. The van der Waals surface area contributed by atoms with E-state index in [-0.39, 0.29) is 6.54 Å². The van der Waals surface area contributed by atoms with E-state index in [0.717, 1.165) is 21.7 Å². The maximum Gasteiger partial charge on any atom is 0.245 e. The molecule has 0 aliphatic rings. The molecule has 0 atom stereocenters. The van der Waals surface area contributed by atoms with E-state index in [1.807, 2.05) is 12.1 Å². The second-order valence-corrected chi connectivity index (χ2v) is 8.50. The molecule has 142 valence electrons. The Morgan fingerprint density at radius 2 is 1.70 bits per heavy atom. The number of amides is 1. The van der Waals surface area contributed by atoms with Gasteiger partial charge in [0.15, 0.2) is 0 Å². The summed E-state index contributed by atoms with van der Waals surface area (Å²) in [7, 11) is -3.62. The summed E-state index contributed by atoms with van der Waals surface area (Å²) in [5.74, 6) is -0.112. The highest BCUT2D eigenvalue weighted by molar-refractivity contribution is 7.92. The van der Waals surface area contributed by atoms with Gasteiger partial charge in [0.1, 0.15) is 6.54 Å². The minimum absolute atomic E-state index is 0.294. The Balaban J connectivity index is 2.14. The predicted octanol–water partition coefficient (Wildman–Crippen LogP) is 3.28. The van der Waals surface area contributed by atoms with E-state index in [9.17, 15) is 13.2 Å². The van der Waals surface area contributed by atoms with Gasteiger partial charge in [0.2, 0.25) is 15.9 Å². The van der Waals surface area contributed by atoms with Gasteiger partial charge in [0, 0.05) is 5.69 Å². The Hall–Kier alpha value is -2.85. The van der Waals surface area contributed by atoms with Gasteiger partial charge in [-0.2, -0.15) is 5.26 Å². The van der Waals surface area contributed by atoms with Crippen molar-refractivity contribution in [3.8, 4) is 6.07 Å². The number of rotatable bonds is 7. The molecule has 0 aliphatic carbocycles. The number of nitrogens with zero attached hydrogens (tertiary/aromatic N) is 2. The van der Waals surface area contributed by atoms with Crippen LogP contribution in [0.3, 0.4) is 0 Å². The largest absolute Gasteiger partial charge is 0.325 e. The molecular weight excluding hydrogens is 362 g/mol. The zero-order chi connectivity index (χ0) is 20.0. The molecule has 1 amide bonds. The Morgan fingerprint density at radius 1 is 1.11 bits per heavy atom. The fraction of sp³-hybridized carbons (Fsp3) is 0.300. The number of hydrogen-bond donors (Lipinski definition) is 1. The molecule has 0 heterocycles. The van der Waals surface area contributed by atoms with E-state index >= 15 is 0 Å². The molecule has 0 fully saturated rings. The molecule has 2 aromatic carbocycles. The van der Waals surface area contributed by atoms with Crippen molar-refractivity contribution in [3.63, 3.8) is 0 Å². The molecule has 0 spiro atoms. The summed E-state index contributed by atoms with van der Waals surface area (Å²) < 4.78 is 25.4. The van der Waals surface area contributed by atoms with E-state index in [2.05, 4.69) is 25.2 Å². The molecular formula is C20H23N3O3S. The summed E-state index contributed by atoms with van der Waals surface area (Å²) in [5.41, 5.74) is 2.93. The molecule has 7 heteroatoms. The van der Waals surface area contributed by atoms with E-state index in [0.29, 0.717) is 23.7 Å². The first-order valence-corrected chi connectivity index (χ1v) is 10.4. The molecule has 0 radical (unpaired) electrons. The topological polar surface area (TPSA) is 90.3 Å². The molecule has 0 unspecified atom stereocenters. The molecule has 2 aromatic rings. The monoisotopic (exact) mass is 385 g/mol. The van der Waals surface area contributed by atoms with Crippen molar-refractivity contribution in [2.45, 2.75) is 26.2 Å². The van der Waals surface area contributed by atoms with Crippen LogP contribution in [0.15, 0.2) is 48.5 Å². The van der Waals surface area contributed by atoms with Crippen molar-refractivity contribution in [1.29, 1.82) is 5.26 Å². The second kappa shape index (κ2) is 8.69. The average Bonchev–Trinajstić information content (AvgIpc) is 2.61. The van der Waals surface area contributed by atoms with Crippen molar-refractivity contribution in [2.24, 2.45) is 0 Å². The lowest BCUT2D eigenvalue weighted by molar-refractivity contribution is -0.114. The van der Waals surface area contributed by atoms with Crippen molar-refractivity contribution in [1.82, 2.24) is 0 Å². The molecule has 0 bridgehead atoms. The summed E-state index contributed by atoms with van der Waals surface area (Å²) in [4.78, 5) is 12.4. The fourth-order valence-corrected chi connectivity index (χ4v) is 3.41. The first kappa shape index (κ1) is 20.5.